The van der Waals surface area contributed by atoms with Gasteiger partial charge in [0.05, 0.1) is 6.54 Å². The van der Waals surface area contributed by atoms with Crippen LogP contribution in [0.1, 0.15) is 18.3 Å². The Bertz CT molecular complexity index is 423. The molecule has 18 heavy (non-hydrogen) atoms. The quantitative estimate of drug-likeness (QED) is 0.802. The van der Waals surface area contributed by atoms with Crippen molar-refractivity contribution in [2.45, 2.75) is 32.6 Å². The predicted molar refractivity (Wildman–Crippen MR) is 60.0 cm³/mol. The van der Waals surface area contributed by atoms with Gasteiger partial charge in [-0.25, -0.2) is 18.7 Å². The SMILES string of the molecule is CCc1nc(N)c(C)c(NCC(F)(F)C(F)F)n1. The Morgan fingerprint density at radius 3 is 2.44 bits per heavy atom. The van der Waals surface area contributed by atoms with E-state index in [0.717, 1.165) is 0 Å². The molecule has 0 unspecified atom stereocenters. The standard InChI is InChI=1S/C10H14F4N4/c1-3-6-17-7(15)5(2)8(18-6)16-4-10(13,14)9(11)12/h9H,3-4H2,1-2H3,(H3,15,16,17,18). The fourth-order valence-electron chi connectivity index (χ4n) is 1.19. The molecule has 3 N–H and O–H groups in total. The van der Waals surface area contributed by atoms with E-state index in [4.69, 9.17) is 5.73 Å². The summed E-state index contributed by atoms with van der Waals surface area (Å²) in [5.74, 6) is -3.55. The second-order valence-corrected chi connectivity index (χ2v) is 3.77. The van der Waals surface area contributed by atoms with Crippen molar-refractivity contribution in [1.29, 1.82) is 0 Å². The van der Waals surface area contributed by atoms with Crippen molar-refractivity contribution in [3.8, 4) is 0 Å². The van der Waals surface area contributed by atoms with Gasteiger partial charge in [-0.1, -0.05) is 6.92 Å². The van der Waals surface area contributed by atoms with Gasteiger partial charge in [0, 0.05) is 12.0 Å². The molecular formula is C10H14F4N4. The van der Waals surface area contributed by atoms with Gasteiger partial charge in [0.15, 0.2) is 0 Å². The zero-order chi connectivity index (χ0) is 13.9. The topological polar surface area (TPSA) is 63.8 Å². The van der Waals surface area contributed by atoms with Gasteiger partial charge in [0.1, 0.15) is 17.5 Å². The molecular weight excluding hydrogens is 252 g/mol. The highest BCUT2D eigenvalue weighted by molar-refractivity contribution is 5.54. The van der Waals surface area contributed by atoms with E-state index in [1.807, 2.05) is 0 Å². The first kappa shape index (κ1) is 14.5. The van der Waals surface area contributed by atoms with Crippen molar-refractivity contribution >= 4 is 11.6 Å². The molecule has 0 fully saturated rings. The molecule has 0 saturated carbocycles. The Morgan fingerprint density at radius 2 is 1.94 bits per heavy atom. The van der Waals surface area contributed by atoms with E-state index in [9.17, 15) is 17.6 Å². The Morgan fingerprint density at radius 1 is 1.33 bits per heavy atom. The third kappa shape index (κ3) is 3.21. The average molecular weight is 266 g/mol. The molecule has 0 radical (unpaired) electrons. The molecule has 0 aliphatic carbocycles. The van der Waals surface area contributed by atoms with E-state index in [1.54, 1.807) is 6.92 Å². The highest BCUT2D eigenvalue weighted by Gasteiger charge is 2.40. The lowest BCUT2D eigenvalue weighted by Gasteiger charge is -2.17. The van der Waals surface area contributed by atoms with Crippen molar-refractivity contribution in [1.82, 2.24) is 9.97 Å². The van der Waals surface area contributed by atoms with Gasteiger partial charge in [-0.15, -0.1) is 0 Å². The molecule has 1 rings (SSSR count). The number of nitrogens with two attached hydrogens (primary N) is 1. The molecule has 1 aromatic heterocycles. The number of alkyl halides is 4. The summed E-state index contributed by atoms with van der Waals surface area (Å²) in [5, 5.41) is 2.19. The van der Waals surface area contributed by atoms with Crippen LogP contribution in [0.5, 0.6) is 0 Å². The van der Waals surface area contributed by atoms with Crippen LogP contribution < -0.4 is 11.1 Å². The molecule has 0 aliphatic rings. The molecule has 0 aromatic carbocycles. The number of nitrogen functional groups attached to an aromatic ring is 1. The van der Waals surface area contributed by atoms with E-state index < -0.39 is 18.9 Å². The van der Waals surface area contributed by atoms with Gasteiger partial charge >= 0.3 is 12.3 Å². The molecule has 0 bridgehead atoms. The van der Waals surface area contributed by atoms with Crippen LogP contribution in [0.3, 0.4) is 0 Å². The van der Waals surface area contributed by atoms with Gasteiger partial charge in [-0.3, -0.25) is 0 Å². The summed E-state index contributed by atoms with van der Waals surface area (Å²) in [4.78, 5) is 7.86. The van der Waals surface area contributed by atoms with Gasteiger partial charge < -0.3 is 11.1 Å². The number of nitrogens with one attached hydrogen (secondary N) is 1. The van der Waals surface area contributed by atoms with E-state index in [-0.39, 0.29) is 11.6 Å². The normalized spacial score (nSPS) is 11.9. The van der Waals surface area contributed by atoms with Crippen molar-refractivity contribution in [2.75, 3.05) is 17.6 Å². The van der Waals surface area contributed by atoms with Crippen LogP contribution in [0.25, 0.3) is 0 Å². The van der Waals surface area contributed by atoms with Crippen LogP contribution >= 0.6 is 0 Å². The Hall–Kier alpha value is -1.60. The largest absolute Gasteiger partial charge is 0.383 e. The van der Waals surface area contributed by atoms with Crippen LogP contribution in [0.2, 0.25) is 0 Å². The summed E-state index contributed by atoms with van der Waals surface area (Å²) in [6.45, 7) is 2.09. The van der Waals surface area contributed by atoms with Crippen LogP contribution in [-0.4, -0.2) is 28.9 Å². The average Bonchev–Trinajstić information content (AvgIpc) is 2.30. The first-order chi connectivity index (χ1) is 8.27. The van der Waals surface area contributed by atoms with E-state index in [0.29, 0.717) is 17.8 Å². The van der Waals surface area contributed by atoms with E-state index in [2.05, 4.69) is 15.3 Å². The van der Waals surface area contributed by atoms with Crippen LogP contribution in [0.15, 0.2) is 0 Å². The van der Waals surface area contributed by atoms with Gasteiger partial charge in [0.25, 0.3) is 0 Å². The monoisotopic (exact) mass is 266 g/mol. The van der Waals surface area contributed by atoms with Crippen LogP contribution in [-0.2, 0) is 6.42 Å². The van der Waals surface area contributed by atoms with Gasteiger partial charge in [0.2, 0.25) is 0 Å². The summed E-state index contributed by atoms with van der Waals surface area (Å²) in [5.41, 5.74) is 5.93. The lowest BCUT2D eigenvalue weighted by Crippen LogP contribution is -2.35. The van der Waals surface area contributed by atoms with E-state index in [1.165, 1.54) is 6.92 Å². The smallest absolute Gasteiger partial charge is 0.324 e. The lowest BCUT2D eigenvalue weighted by molar-refractivity contribution is -0.117. The molecule has 0 spiro atoms. The molecule has 0 aliphatic heterocycles. The Labute approximate surface area is 102 Å². The van der Waals surface area contributed by atoms with Crippen LogP contribution in [0, 0.1) is 6.92 Å². The molecule has 0 saturated heterocycles. The molecule has 0 amide bonds. The van der Waals surface area contributed by atoms with Crippen molar-refractivity contribution in [3.05, 3.63) is 11.4 Å². The molecule has 1 heterocycles. The summed E-state index contributed by atoms with van der Waals surface area (Å²) in [6.07, 6.45) is -3.26. The number of aromatic nitrogens is 2. The molecule has 1 aromatic rings. The number of hydrogen-bond donors (Lipinski definition) is 2. The second kappa shape index (κ2) is 5.36. The minimum atomic E-state index is -4.11. The Balaban J connectivity index is 2.88. The maximum atomic E-state index is 12.8. The number of halogens is 4. The highest BCUT2D eigenvalue weighted by atomic mass is 19.3. The molecule has 102 valence electrons. The summed E-state index contributed by atoms with van der Waals surface area (Å²) in [7, 11) is 0. The summed E-state index contributed by atoms with van der Waals surface area (Å²) >= 11 is 0. The fourth-order valence-corrected chi connectivity index (χ4v) is 1.19. The van der Waals surface area contributed by atoms with Crippen molar-refractivity contribution in [3.63, 3.8) is 0 Å². The van der Waals surface area contributed by atoms with Gasteiger partial charge in [-0.05, 0) is 6.92 Å². The first-order valence-corrected chi connectivity index (χ1v) is 5.30. The fraction of sp³-hybridized carbons (Fsp3) is 0.600. The third-order valence-corrected chi connectivity index (χ3v) is 2.36. The maximum absolute atomic E-state index is 12.8. The molecule has 8 heteroatoms. The third-order valence-electron chi connectivity index (χ3n) is 2.36. The molecule has 0 atom stereocenters. The second-order valence-electron chi connectivity index (χ2n) is 3.77. The van der Waals surface area contributed by atoms with Crippen molar-refractivity contribution in [2.24, 2.45) is 0 Å². The number of hydrogen-bond acceptors (Lipinski definition) is 4. The maximum Gasteiger partial charge on any atom is 0.324 e. The first-order valence-electron chi connectivity index (χ1n) is 5.30. The summed E-state index contributed by atoms with van der Waals surface area (Å²) in [6, 6.07) is 0. The minimum Gasteiger partial charge on any atom is -0.383 e. The van der Waals surface area contributed by atoms with Gasteiger partial charge in [-0.2, -0.15) is 8.78 Å². The Kier molecular flexibility index (Phi) is 4.31. The zero-order valence-corrected chi connectivity index (χ0v) is 9.98. The lowest BCUT2D eigenvalue weighted by atomic mass is 10.2. The highest BCUT2D eigenvalue weighted by Crippen LogP contribution is 2.24. The zero-order valence-electron chi connectivity index (χ0n) is 9.98. The predicted octanol–water partition coefficient (Wildman–Crippen LogP) is 2.24. The number of rotatable bonds is 5. The summed E-state index contributed by atoms with van der Waals surface area (Å²) < 4.78 is 49.5. The minimum absolute atomic E-state index is 0.0553. The van der Waals surface area contributed by atoms with Crippen LogP contribution in [0.4, 0.5) is 29.2 Å². The molecule has 4 nitrogen and oxygen atoms in total. The number of nitrogens with zero attached hydrogens (tertiary/aromatic N) is 2. The van der Waals surface area contributed by atoms with E-state index >= 15 is 0 Å². The number of anilines is 2. The number of aryl methyl sites for hydroxylation is 1. The van der Waals surface area contributed by atoms with Crippen molar-refractivity contribution < 1.29 is 17.6 Å².